The van der Waals surface area contributed by atoms with E-state index in [1.54, 1.807) is 6.07 Å². The molecule has 0 atom stereocenters. The summed E-state index contributed by atoms with van der Waals surface area (Å²) in [4.78, 5) is 7.90. The molecule has 0 amide bonds. The molecular formula is C10H20N6O. The zero-order chi connectivity index (χ0) is 12.5. The fourth-order valence-corrected chi connectivity index (χ4v) is 1.23. The van der Waals surface area contributed by atoms with Crippen molar-refractivity contribution in [2.75, 3.05) is 36.2 Å². The third kappa shape index (κ3) is 5.32. The van der Waals surface area contributed by atoms with E-state index in [0.29, 0.717) is 24.8 Å². The van der Waals surface area contributed by atoms with E-state index in [1.807, 2.05) is 0 Å². The predicted molar refractivity (Wildman–Crippen MR) is 68.5 cm³/mol. The van der Waals surface area contributed by atoms with Gasteiger partial charge in [-0.15, -0.1) is 0 Å². The number of nitrogens with zero attached hydrogens (tertiary/aromatic N) is 2. The molecule has 6 N–H and O–H groups in total. The van der Waals surface area contributed by atoms with Gasteiger partial charge in [-0.25, -0.2) is 5.84 Å². The molecule has 0 unspecified atom stereocenters. The summed E-state index contributed by atoms with van der Waals surface area (Å²) in [7, 11) is 0. The number of aromatic nitrogens is 2. The summed E-state index contributed by atoms with van der Waals surface area (Å²) >= 11 is 0. The van der Waals surface area contributed by atoms with Crippen LogP contribution in [0.25, 0.3) is 0 Å². The Morgan fingerprint density at radius 2 is 2.06 bits per heavy atom. The summed E-state index contributed by atoms with van der Waals surface area (Å²) in [6.07, 6.45) is 2.23. The number of hydrazine groups is 1. The molecule has 0 aliphatic rings. The number of nitrogens with one attached hydrogen (secondary N) is 2. The average molecular weight is 240 g/mol. The summed E-state index contributed by atoms with van der Waals surface area (Å²) in [5.41, 5.74) is 7.94. The van der Waals surface area contributed by atoms with E-state index >= 15 is 0 Å². The minimum atomic E-state index is 0.176. The molecule has 0 saturated heterocycles. The van der Waals surface area contributed by atoms with Crippen LogP contribution in [-0.4, -0.2) is 29.7 Å². The van der Waals surface area contributed by atoms with Gasteiger partial charge < -0.3 is 21.2 Å². The lowest BCUT2D eigenvalue weighted by atomic mass is 10.4. The SMILES string of the molecule is CCCCOCCNc1cc(NN)nc(N)n1. The Bertz CT molecular complexity index is 333. The number of rotatable bonds is 8. The van der Waals surface area contributed by atoms with E-state index < -0.39 is 0 Å². The minimum absolute atomic E-state index is 0.176. The zero-order valence-electron chi connectivity index (χ0n) is 10.1. The van der Waals surface area contributed by atoms with E-state index in [0.717, 1.165) is 19.4 Å². The molecule has 0 spiro atoms. The Morgan fingerprint density at radius 1 is 1.29 bits per heavy atom. The van der Waals surface area contributed by atoms with Crippen LogP contribution in [0.1, 0.15) is 19.8 Å². The Hall–Kier alpha value is -1.60. The number of nitrogen functional groups attached to an aromatic ring is 2. The first-order valence-corrected chi connectivity index (χ1v) is 5.69. The molecule has 7 nitrogen and oxygen atoms in total. The number of anilines is 3. The molecule has 0 bridgehead atoms. The topological polar surface area (TPSA) is 111 Å². The molecule has 0 fully saturated rings. The number of nitrogens with two attached hydrogens (primary N) is 2. The molecule has 1 heterocycles. The van der Waals surface area contributed by atoms with Crippen LogP contribution in [-0.2, 0) is 4.74 Å². The monoisotopic (exact) mass is 240 g/mol. The Morgan fingerprint density at radius 3 is 2.76 bits per heavy atom. The van der Waals surface area contributed by atoms with Gasteiger partial charge in [-0.2, -0.15) is 9.97 Å². The highest BCUT2D eigenvalue weighted by atomic mass is 16.5. The highest BCUT2D eigenvalue weighted by Crippen LogP contribution is 2.10. The van der Waals surface area contributed by atoms with Crippen molar-refractivity contribution in [2.24, 2.45) is 5.84 Å². The van der Waals surface area contributed by atoms with Gasteiger partial charge in [-0.3, -0.25) is 0 Å². The van der Waals surface area contributed by atoms with Crippen LogP contribution in [0.3, 0.4) is 0 Å². The molecular weight excluding hydrogens is 220 g/mol. The van der Waals surface area contributed by atoms with Gasteiger partial charge in [0.05, 0.1) is 6.61 Å². The maximum absolute atomic E-state index is 5.52. The molecule has 1 aromatic heterocycles. The van der Waals surface area contributed by atoms with Crippen LogP contribution in [0, 0.1) is 0 Å². The van der Waals surface area contributed by atoms with Gasteiger partial charge in [-0.05, 0) is 6.42 Å². The second kappa shape index (κ2) is 7.64. The molecule has 0 aliphatic heterocycles. The van der Waals surface area contributed by atoms with Gasteiger partial charge in [0.25, 0.3) is 0 Å². The van der Waals surface area contributed by atoms with E-state index in [1.165, 1.54) is 0 Å². The van der Waals surface area contributed by atoms with Crippen LogP contribution < -0.4 is 22.3 Å². The number of ether oxygens (including phenoxy) is 1. The number of hydrogen-bond acceptors (Lipinski definition) is 7. The van der Waals surface area contributed by atoms with Gasteiger partial charge >= 0.3 is 0 Å². The molecule has 0 radical (unpaired) electrons. The minimum Gasteiger partial charge on any atom is -0.380 e. The number of hydrogen-bond donors (Lipinski definition) is 4. The third-order valence-electron chi connectivity index (χ3n) is 2.09. The summed E-state index contributed by atoms with van der Waals surface area (Å²) in [6.45, 7) is 4.23. The summed E-state index contributed by atoms with van der Waals surface area (Å²) < 4.78 is 5.41. The van der Waals surface area contributed by atoms with E-state index in [4.69, 9.17) is 16.3 Å². The van der Waals surface area contributed by atoms with Crippen molar-refractivity contribution in [1.29, 1.82) is 0 Å². The largest absolute Gasteiger partial charge is 0.380 e. The Kier molecular flexibility index (Phi) is 6.05. The fourth-order valence-electron chi connectivity index (χ4n) is 1.23. The second-order valence-electron chi connectivity index (χ2n) is 3.53. The average Bonchev–Trinajstić information content (AvgIpc) is 2.33. The highest BCUT2D eigenvalue weighted by Gasteiger charge is 2.00. The fraction of sp³-hybridized carbons (Fsp3) is 0.600. The smallest absolute Gasteiger partial charge is 0.223 e. The maximum Gasteiger partial charge on any atom is 0.223 e. The van der Waals surface area contributed by atoms with Crippen molar-refractivity contribution in [2.45, 2.75) is 19.8 Å². The van der Waals surface area contributed by atoms with Crippen LogP contribution in [0.5, 0.6) is 0 Å². The van der Waals surface area contributed by atoms with Crippen molar-refractivity contribution >= 4 is 17.6 Å². The van der Waals surface area contributed by atoms with Crippen molar-refractivity contribution < 1.29 is 4.74 Å². The first-order chi connectivity index (χ1) is 8.26. The van der Waals surface area contributed by atoms with Crippen LogP contribution in [0.15, 0.2) is 6.07 Å². The Balaban J connectivity index is 2.28. The molecule has 1 aromatic rings. The van der Waals surface area contributed by atoms with Gasteiger partial charge in [0.2, 0.25) is 5.95 Å². The third-order valence-corrected chi connectivity index (χ3v) is 2.09. The standard InChI is InChI=1S/C10H20N6O/c1-2-3-5-17-6-4-13-8-7-9(16-12)15-10(11)14-8/h7H,2-6,12H2,1H3,(H4,11,13,14,15,16). The first kappa shape index (κ1) is 13.5. The van der Waals surface area contributed by atoms with Gasteiger partial charge in [0.1, 0.15) is 11.6 Å². The van der Waals surface area contributed by atoms with Crippen molar-refractivity contribution in [1.82, 2.24) is 9.97 Å². The highest BCUT2D eigenvalue weighted by molar-refractivity contribution is 5.50. The van der Waals surface area contributed by atoms with E-state index in [2.05, 4.69) is 27.6 Å². The lowest BCUT2D eigenvalue weighted by molar-refractivity contribution is 0.141. The summed E-state index contributed by atoms with van der Waals surface area (Å²) in [5, 5.41) is 3.09. The van der Waals surface area contributed by atoms with Crippen LogP contribution >= 0.6 is 0 Å². The van der Waals surface area contributed by atoms with E-state index in [-0.39, 0.29) is 5.95 Å². The maximum atomic E-state index is 5.52. The van der Waals surface area contributed by atoms with Crippen LogP contribution in [0.2, 0.25) is 0 Å². The van der Waals surface area contributed by atoms with Crippen molar-refractivity contribution in [3.05, 3.63) is 6.07 Å². The molecule has 0 aromatic carbocycles. The normalized spacial score (nSPS) is 10.2. The molecule has 1 rings (SSSR count). The van der Waals surface area contributed by atoms with Gasteiger partial charge in [0.15, 0.2) is 0 Å². The quantitative estimate of drug-likeness (QED) is 0.298. The summed E-state index contributed by atoms with van der Waals surface area (Å²) in [6, 6.07) is 1.68. The summed E-state index contributed by atoms with van der Waals surface area (Å²) in [5.74, 6) is 6.53. The van der Waals surface area contributed by atoms with Gasteiger partial charge in [0, 0.05) is 19.2 Å². The number of unbranched alkanes of at least 4 members (excludes halogenated alkanes) is 1. The molecule has 0 aliphatic carbocycles. The molecule has 17 heavy (non-hydrogen) atoms. The van der Waals surface area contributed by atoms with E-state index in [9.17, 15) is 0 Å². The van der Waals surface area contributed by atoms with Crippen molar-refractivity contribution in [3.63, 3.8) is 0 Å². The predicted octanol–water partition coefficient (Wildman–Crippen LogP) is 0.573. The molecule has 0 saturated carbocycles. The molecule has 96 valence electrons. The molecule has 7 heteroatoms. The van der Waals surface area contributed by atoms with Gasteiger partial charge in [-0.1, -0.05) is 13.3 Å². The van der Waals surface area contributed by atoms with Crippen molar-refractivity contribution in [3.8, 4) is 0 Å². The Labute approximate surface area is 101 Å². The lowest BCUT2D eigenvalue weighted by Gasteiger charge is -2.08. The lowest BCUT2D eigenvalue weighted by Crippen LogP contribution is -2.14. The van der Waals surface area contributed by atoms with Crippen LogP contribution in [0.4, 0.5) is 17.6 Å². The second-order valence-corrected chi connectivity index (χ2v) is 3.53. The zero-order valence-corrected chi connectivity index (χ0v) is 10.1. The first-order valence-electron chi connectivity index (χ1n) is 5.69.